The number of likely N-dealkylation sites (N-methyl/N-ethyl adjacent to an activating group) is 1. The maximum absolute atomic E-state index is 12.3. The van der Waals surface area contributed by atoms with Crippen LogP contribution in [0.25, 0.3) is 0 Å². The molecular formula is C18H28N4O3. The summed E-state index contributed by atoms with van der Waals surface area (Å²) in [7, 11) is 1.67. The van der Waals surface area contributed by atoms with Gasteiger partial charge in [0.15, 0.2) is 0 Å². The second kappa shape index (κ2) is 9.27. The van der Waals surface area contributed by atoms with Crippen molar-refractivity contribution in [2.45, 2.75) is 13.3 Å². The fraction of sp³-hybridized carbons (Fsp3) is 0.556. The van der Waals surface area contributed by atoms with E-state index >= 15 is 0 Å². The quantitative estimate of drug-likeness (QED) is 0.750. The van der Waals surface area contributed by atoms with E-state index in [-0.39, 0.29) is 24.1 Å². The molecule has 25 heavy (non-hydrogen) atoms. The maximum atomic E-state index is 12.3. The smallest absolute Gasteiger partial charge is 0.239 e. The van der Waals surface area contributed by atoms with Gasteiger partial charge in [-0.15, -0.1) is 0 Å². The molecule has 0 unspecified atom stereocenters. The van der Waals surface area contributed by atoms with Crippen LogP contribution in [0.3, 0.4) is 0 Å². The van der Waals surface area contributed by atoms with Gasteiger partial charge in [0, 0.05) is 45.5 Å². The third-order valence-electron chi connectivity index (χ3n) is 4.32. The lowest BCUT2D eigenvalue weighted by Gasteiger charge is -2.36. The van der Waals surface area contributed by atoms with Crippen LogP contribution in [0.2, 0.25) is 0 Å². The summed E-state index contributed by atoms with van der Waals surface area (Å²) in [6, 6.07) is 7.17. The molecule has 0 aliphatic carbocycles. The molecule has 1 saturated heterocycles. The molecule has 2 amide bonds. The number of carbonyl (C=O) groups is 2. The molecule has 1 aromatic rings. The molecule has 2 N–H and O–H groups in total. The molecule has 0 spiro atoms. The summed E-state index contributed by atoms with van der Waals surface area (Å²) < 4.78 is 0. The molecule has 1 heterocycles. The fourth-order valence-corrected chi connectivity index (χ4v) is 2.76. The van der Waals surface area contributed by atoms with Gasteiger partial charge >= 0.3 is 0 Å². The van der Waals surface area contributed by atoms with Gasteiger partial charge in [-0.1, -0.05) is 6.92 Å². The van der Waals surface area contributed by atoms with Crippen LogP contribution in [-0.2, 0) is 9.59 Å². The van der Waals surface area contributed by atoms with Gasteiger partial charge in [-0.05, 0) is 30.7 Å². The SMILES string of the molecule is CCCNC(=O)CN(C)C(=O)CN1CCN(c2ccc(O)cc2)CC1. The Morgan fingerprint density at radius 3 is 2.40 bits per heavy atom. The van der Waals surface area contributed by atoms with Gasteiger partial charge in [-0.2, -0.15) is 0 Å². The minimum atomic E-state index is -0.116. The van der Waals surface area contributed by atoms with Crippen molar-refractivity contribution in [1.29, 1.82) is 0 Å². The zero-order valence-corrected chi connectivity index (χ0v) is 15.1. The van der Waals surface area contributed by atoms with Gasteiger partial charge in [0.2, 0.25) is 11.8 Å². The number of hydrogen-bond acceptors (Lipinski definition) is 5. The van der Waals surface area contributed by atoms with Crippen molar-refractivity contribution in [1.82, 2.24) is 15.1 Å². The van der Waals surface area contributed by atoms with E-state index in [1.54, 1.807) is 19.2 Å². The van der Waals surface area contributed by atoms with Crippen LogP contribution < -0.4 is 10.2 Å². The highest BCUT2D eigenvalue weighted by molar-refractivity contribution is 5.85. The number of phenolic OH excluding ortho intramolecular Hbond substituents is 1. The average molecular weight is 348 g/mol. The molecule has 1 aliphatic rings. The standard InChI is InChI=1S/C18H28N4O3/c1-3-8-19-17(24)13-20(2)18(25)14-21-9-11-22(12-10-21)15-4-6-16(23)7-5-15/h4-7,23H,3,8-14H2,1-2H3,(H,19,24). The van der Waals surface area contributed by atoms with E-state index in [4.69, 9.17) is 0 Å². The lowest BCUT2D eigenvalue weighted by atomic mass is 10.2. The van der Waals surface area contributed by atoms with Crippen molar-refractivity contribution in [3.05, 3.63) is 24.3 Å². The first kappa shape index (κ1) is 19.1. The van der Waals surface area contributed by atoms with Gasteiger partial charge < -0.3 is 20.2 Å². The number of piperazine rings is 1. The highest BCUT2D eigenvalue weighted by atomic mass is 16.3. The molecule has 2 rings (SSSR count). The molecule has 0 radical (unpaired) electrons. The van der Waals surface area contributed by atoms with E-state index in [9.17, 15) is 14.7 Å². The van der Waals surface area contributed by atoms with Crippen LogP contribution in [0, 0.1) is 0 Å². The summed E-state index contributed by atoms with van der Waals surface area (Å²) in [5.74, 6) is 0.110. The van der Waals surface area contributed by atoms with E-state index in [0.29, 0.717) is 13.1 Å². The zero-order valence-electron chi connectivity index (χ0n) is 15.1. The molecule has 0 atom stereocenters. The van der Waals surface area contributed by atoms with Crippen molar-refractivity contribution < 1.29 is 14.7 Å². The molecule has 0 bridgehead atoms. The number of aromatic hydroxyl groups is 1. The van der Waals surface area contributed by atoms with E-state index in [0.717, 1.165) is 38.3 Å². The number of benzene rings is 1. The number of carbonyl (C=O) groups excluding carboxylic acids is 2. The summed E-state index contributed by atoms with van der Waals surface area (Å²) >= 11 is 0. The third kappa shape index (κ3) is 5.94. The molecule has 0 aromatic heterocycles. The first-order valence-electron chi connectivity index (χ1n) is 8.76. The Morgan fingerprint density at radius 2 is 1.80 bits per heavy atom. The van der Waals surface area contributed by atoms with Crippen molar-refractivity contribution in [2.75, 3.05) is 57.8 Å². The van der Waals surface area contributed by atoms with Crippen molar-refractivity contribution in [2.24, 2.45) is 0 Å². The Labute approximate surface area is 149 Å². The number of rotatable bonds is 7. The van der Waals surface area contributed by atoms with Crippen LogP contribution in [-0.4, -0.2) is 79.6 Å². The molecule has 0 saturated carbocycles. The Hall–Kier alpha value is -2.28. The minimum absolute atomic E-state index is 0.0373. The van der Waals surface area contributed by atoms with E-state index in [1.165, 1.54) is 4.90 Å². The predicted molar refractivity (Wildman–Crippen MR) is 97.7 cm³/mol. The zero-order chi connectivity index (χ0) is 18.2. The maximum Gasteiger partial charge on any atom is 0.239 e. The minimum Gasteiger partial charge on any atom is -0.508 e. The fourth-order valence-electron chi connectivity index (χ4n) is 2.76. The van der Waals surface area contributed by atoms with Gasteiger partial charge in [0.1, 0.15) is 5.75 Å². The second-order valence-corrected chi connectivity index (χ2v) is 6.38. The van der Waals surface area contributed by atoms with E-state index < -0.39 is 0 Å². The summed E-state index contributed by atoms with van der Waals surface area (Å²) in [6.45, 7) is 6.32. The lowest BCUT2D eigenvalue weighted by molar-refractivity contribution is -0.135. The monoisotopic (exact) mass is 348 g/mol. The van der Waals surface area contributed by atoms with Crippen LogP contribution in [0.1, 0.15) is 13.3 Å². The Balaban J connectivity index is 1.74. The Bertz CT molecular complexity index is 568. The van der Waals surface area contributed by atoms with Crippen LogP contribution in [0.4, 0.5) is 5.69 Å². The molecule has 1 fully saturated rings. The predicted octanol–water partition coefficient (Wildman–Crippen LogP) is 0.499. The summed E-state index contributed by atoms with van der Waals surface area (Å²) in [5.41, 5.74) is 1.08. The van der Waals surface area contributed by atoms with Crippen molar-refractivity contribution >= 4 is 17.5 Å². The van der Waals surface area contributed by atoms with E-state index in [1.807, 2.05) is 19.1 Å². The Kier molecular flexibility index (Phi) is 7.06. The highest BCUT2D eigenvalue weighted by Gasteiger charge is 2.21. The van der Waals surface area contributed by atoms with Gasteiger partial charge in [0.25, 0.3) is 0 Å². The normalized spacial score (nSPS) is 15.0. The van der Waals surface area contributed by atoms with Crippen LogP contribution >= 0.6 is 0 Å². The number of hydrogen-bond donors (Lipinski definition) is 2. The van der Waals surface area contributed by atoms with Gasteiger partial charge in [-0.3, -0.25) is 14.5 Å². The van der Waals surface area contributed by atoms with Crippen LogP contribution in [0.5, 0.6) is 5.75 Å². The number of nitrogens with zero attached hydrogens (tertiary/aromatic N) is 3. The molecule has 1 aromatic carbocycles. The van der Waals surface area contributed by atoms with Gasteiger partial charge in [-0.25, -0.2) is 0 Å². The first-order chi connectivity index (χ1) is 12.0. The Morgan fingerprint density at radius 1 is 1.16 bits per heavy atom. The van der Waals surface area contributed by atoms with E-state index in [2.05, 4.69) is 15.1 Å². The van der Waals surface area contributed by atoms with Crippen molar-refractivity contribution in [3.63, 3.8) is 0 Å². The molecule has 138 valence electrons. The van der Waals surface area contributed by atoms with Crippen molar-refractivity contribution in [3.8, 4) is 5.75 Å². The highest BCUT2D eigenvalue weighted by Crippen LogP contribution is 2.19. The average Bonchev–Trinajstić information content (AvgIpc) is 2.61. The number of anilines is 1. The molecule has 7 nitrogen and oxygen atoms in total. The molecular weight excluding hydrogens is 320 g/mol. The number of phenols is 1. The topological polar surface area (TPSA) is 76.1 Å². The first-order valence-corrected chi connectivity index (χ1v) is 8.76. The molecule has 7 heteroatoms. The second-order valence-electron chi connectivity index (χ2n) is 6.38. The molecule has 1 aliphatic heterocycles. The number of amides is 2. The lowest BCUT2D eigenvalue weighted by Crippen LogP contribution is -2.50. The third-order valence-corrected chi connectivity index (χ3v) is 4.32. The summed E-state index contributed by atoms with van der Waals surface area (Å²) in [5, 5.41) is 12.1. The number of nitrogens with one attached hydrogen (secondary N) is 1. The largest absolute Gasteiger partial charge is 0.508 e. The van der Waals surface area contributed by atoms with Gasteiger partial charge in [0.05, 0.1) is 13.1 Å². The van der Waals surface area contributed by atoms with Crippen LogP contribution in [0.15, 0.2) is 24.3 Å². The summed E-state index contributed by atoms with van der Waals surface area (Å²) in [6.07, 6.45) is 0.884. The summed E-state index contributed by atoms with van der Waals surface area (Å²) in [4.78, 5) is 29.8.